The summed E-state index contributed by atoms with van der Waals surface area (Å²) in [7, 11) is 0. The van der Waals surface area contributed by atoms with Crippen molar-refractivity contribution in [1.82, 2.24) is 9.78 Å². The Morgan fingerprint density at radius 3 is 2.58 bits per heavy atom. The van der Waals surface area contributed by atoms with E-state index in [1.165, 1.54) is 11.3 Å². The number of nitrogens with zero attached hydrogens (tertiary/aromatic N) is 2. The van der Waals surface area contributed by atoms with Gasteiger partial charge in [0.1, 0.15) is 0 Å². The summed E-state index contributed by atoms with van der Waals surface area (Å²) >= 11 is 1.37. The number of aryl methyl sites for hydroxylation is 2. The Kier molecular flexibility index (Phi) is 5.32. The summed E-state index contributed by atoms with van der Waals surface area (Å²) in [5.41, 5.74) is 2.17. The number of rotatable bonds is 6. The number of hydrogen-bond acceptors (Lipinski definition) is 4. The molecular weight excluding hydrogens is 346 g/mol. The number of nitrogens with one attached hydrogen (secondary N) is 1. The zero-order valence-corrected chi connectivity index (χ0v) is 15.8. The number of carbonyl (C=O) groups is 2. The van der Waals surface area contributed by atoms with Crippen LogP contribution in [0.5, 0.6) is 0 Å². The third kappa shape index (κ3) is 3.75. The molecule has 3 aromatic rings. The highest BCUT2D eigenvalue weighted by Crippen LogP contribution is 2.28. The molecule has 0 aliphatic heterocycles. The summed E-state index contributed by atoms with van der Waals surface area (Å²) in [6.07, 6.45) is 1.83. The van der Waals surface area contributed by atoms with Gasteiger partial charge in [0.05, 0.1) is 22.2 Å². The Labute approximate surface area is 156 Å². The van der Waals surface area contributed by atoms with Gasteiger partial charge in [-0.15, -0.1) is 11.3 Å². The molecule has 1 amide bonds. The van der Waals surface area contributed by atoms with Crippen LogP contribution in [-0.2, 0) is 11.3 Å². The van der Waals surface area contributed by atoms with E-state index in [-0.39, 0.29) is 17.6 Å². The quantitative estimate of drug-likeness (QED) is 0.663. The Hall–Kier alpha value is -2.73. The fraction of sp³-hybridized carbons (Fsp3) is 0.250. The van der Waals surface area contributed by atoms with Crippen LogP contribution < -0.4 is 5.32 Å². The molecule has 0 aliphatic rings. The predicted molar refractivity (Wildman–Crippen MR) is 104 cm³/mol. The van der Waals surface area contributed by atoms with Crippen molar-refractivity contribution in [2.75, 3.05) is 5.32 Å². The van der Waals surface area contributed by atoms with Gasteiger partial charge in [0.25, 0.3) is 0 Å². The van der Waals surface area contributed by atoms with E-state index in [1.54, 1.807) is 22.9 Å². The van der Waals surface area contributed by atoms with Gasteiger partial charge in [-0.2, -0.15) is 5.10 Å². The van der Waals surface area contributed by atoms with Crippen molar-refractivity contribution in [1.29, 1.82) is 0 Å². The van der Waals surface area contributed by atoms with E-state index in [1.807, 2.05) is 51.2 Å². The van der Waals surface area contributed by atoms with Crippen molar-refractivity contribution in [3.8, 4) is 0 Å². The van der Waals surface area contributed by atoms with Crippen molar-refractivity contribution in [3.05, 3.63) is 69.7 Å². The Morgan fingerprint density at radius 2 is 1.92 bits per heavy atom. The number of benzene rings is 1. The Balaban J connectivity index is 1.73. The third-order valence-corrected chi connectivity index (χ3v) is 5.50. The van der Waals surface area contributed by atoms with E-state index < -0.39 is 0 Å². The average molecular weight is 367 g/mol. The lowest BCUT2D eigenvalue weighted by molar-refractivity contribution is -0.117. The maximum atomic E-state index is 12.6. The number of anilines is 1. The molecule has 3 rings (SSSR count). The first-order chi connectivity index (χ1) is 12.5. The van der Waals surface area contributed by atoms with Crippen LogP contribution >= 0.6 is 11.3 Å². The molecule has 1 aromatic carbocycles. The summed E-state index contributed by atoms with van der Waals surface area (Å²) in [5, 5.41) is 7.27. The normalized spacial score (nSPS) is 12.0. The molecule has 2 aromatic heterocycles. The SMILES string of the molecule is CCn1cc(NC(=O)C(C)c2ccc(C(=O)c3ccccc3)s2)c(C)n1. The molecule has 26 heavy (non-hydrogen) atoms. The first-order valence-electron chi connectivity index (χ1n) is 8.54. The smallest absolute Gasteiger partial charge is 0.232 e. The maximum absolute atomic E-state index is 12.6. The summed E-state index contributed by atoms with van der Waals surface area (Å²) in [4.78, 5) is 26.6. The molecule has 1 atom stereocenters. The average Bonchev–Trinajstić information content (AvgIpc) is 3.28. The van der Waals surface area contributed by atoms with E-state index in [9.17, 15) is 9.59 Å². The second kappa shape index (κ2) is 7.66. The minimum Gasteiger partial charge on any atom is -0.323 e. The van der Waals surface area contributed by atoms with E-state index >= 15 is 0 Å². The monoisotopic (exact) mass is 367 g/mol. The van der Waals surface area contributed by atoms with Gasteiger partial charge in [-0.25, -0.2) is 0 Å². The Bertz CT molecular complexity index is 928. The second-order valence-corrected chi connectivity index (χ2v) is 7.21. The van der Waals surface area contributed by atoms with Gasteiger partial charge in [-0.05, 0) is 32.9 Å². The van der Waals surface area contributed by atoms with Crippen molar-refractivity contribution in [3.63, 3.8) is 0 Å². The third-order valence-electron chi connectivity index (χ3n) is 4.23. The van der Waals surface area contributed by atoms with Crippen molar-refractivity contribution in [2.24, 2.45) is 0 Å². The van der Waals surface area contributed by atoms with Crippen LogP contribution in [0.3, 0.4) is 0 Å². The summed E-state index contributed by atoms with van der Waals surface area (Å²) in [5.74, 6) is -0.472. The Morgan fingerprint density at radius 1 is 1.19 bits per heavy atom. The van der Waals surface area contributed by atoms with Crippen molar-refractivity contribution < 1.29 is 9.59 Å². The number of hydrogen-bond donors (Lipinski definition) is 1. The minimum absolute atomic E-state index is 0.0190. The minimum atomic E-state index is -0.346. The van der Waals surface area contributed by atoms with Crippen LogP contribution in [0, 0.1) is 6.92 Å². The summed E-state index contributed by atoms with van der Waals surface area (Å²) in [6, 6.07) is 12.8. The molecule has 2 heterocycles. The molecule has 1 unspecified atom stereocenters. The molecule has 0 bridgehead atoms. The molecular formula is C20H21N3O2S. The van der Waals surface area contributed by atoms with Crippen LogP contribution in [0.2, 0.25) is 0 Å². The van der Waals surface area contributed by atoms with Crippen LogP contribution in [0.15, 0.2) is 48.7 Å². The van der Waals surface area contributed by atoms with Crippen LogP contribution in [0.1, 0.15) is 45.6 Å². The fourth-order valence-electron chi connectivity index (χ4n) is 2.61. The van der Waals surface area contributed by atoms with Crippen molar-refractivity contribution >= 4 is 28.7 Å². The van der Waals surface area contributed by atoms with Gasteiger partial charge in [0.2, 0.25) is 11.7 Å². The fourth-order valence-corrected chi connectivity index (χ4v) is 3.63. The molecule has 5 nitrogen and oxygen atoms in total. The highest BCUT2D eigenvalue weighted by molar-refractivity contribution is 7.14. The number of thiophene rings is 1. The van der Waals surface area contributed by atoms with Gasteiger partial charge in [-0.1, -0.05) is 30.3 Å². The highest BCUT2D eigenvalue weighted by Gasteiger charge is 2.21. The molecule has 0 fully saturated rings. The molecule has 0 aliphatic carbocycles. The molecule has 134 valence electrons. The summed E-state index contributed by atoms with van der Waals surface area (Å²) in [6.45, 7) is 6.46. The van der Waals surface area contributed by atoms with E-state index in [0.29, 0.717) is 10.4 Å². The van der Waals surface area contributed by atoms with Gasteiger partial charge < -0.3 is 5.32 Å². The first-order valence-corrected chi connectivity index (χ1v) is 9.35. The van der Waals surface area contributed by atoms with E-state index in [2.05, 4.69) is 10.4 Å². The lowest BCUT2D eigenvalue weighted by atomic mass is 10.1. The topological polar surface area (TPSA) is 64.0 Å². The highest BCUT2D eigenvalue weighted by atomic mass is 32.1. The molecule has 0 saturated heterocycles. The molecule has 0 saturated carbocycles. The number of ketones is 1. The zero-order chi connectivity index (χ0) is 18.7. The summed E-state index contributed by atoms with van der Waals surface area (Å²) < 4.78 is 1.79. The lowest BCUT2D eigenvalue weighted by Crippen LogP contribution is -2.18. The van der Waals surface area contributed by atoms with Crippen LogP contribution in [-0.4, -0.2) is 21.5 Å². The molecule has 6 heteroatoms. The predicted octanol–water partition coefficient (Wildman–Crippen LogP) is 4.25. The van der Waals surface area contributed by atoms with E-state index in [4.69, 9.17) is 0 Å². The number of carbonyl (C=O) groups excluding carboxylic acids is 2. The van der Waals surface area contributed by atoms with Gasteiger partial charge in [0, 0.05) is 23.2 Å². The number of aromatic nitrogens is 2. The molecule has 1 N–H and O–H groups in total. The maximum Gasteiger partial charge on any atom is 0.232 e. The molecule has 0 radical (unpaired) electrons. The van der Waals surface area contributed by atoms with Gasteiger partial charge in [-0.3, -0.25) is 14.3 Å². The standard InChI is InChI=1S/C20H21N3O2S/c1-4-23-12-16(14(3)22-23)21-20(25)13(2)17-10-11-18(26-17)19(24)15-8-6-5-7-9-15/h5-13H,4H2,1-3H3,(H,21,25). The second-order valence-electron chi connectivity index (χ2n) is 6.09. The largest absolute Gasteiger partial charge is 0.323 e. The van der Waals surface area contributed by atoms with E-state index in [0.717, 1.165) is 22.8 Å². The van der Waals surface area contributed by atoms with Crippen molar-refractivity contribution in [2.45, 2.75) is 33.2 Å². The first kappa shape index (κ1) is 18.1. The van der Waals surface area contributed by atoms with Crippen LogP contribution in [0.25, 0.3) is 0 Å². The molecule has 0 spiro atoms. The number of amides is 1. The zero-order valence-electron chi connectivity index (χ0n) is 15.0. The van der Waals surface area contributed by atoms with Gasteiger partial charge in [0.15, 0.2) is 0 Å². The van der Waals surface area contributed by atoms with Crippen LogP contribution in [0.4, 0.5) is 5.69 Å². The van der Waals surface area contributed by atoms with Gasteiger partial charge >= 0.3 is 0 Å². The lowest BCUT2D eigenvalue weighted by Gasteiger charge is -2.09.